The first kappa shape index (κ1) is 11.0. The monoisotopic (exact) mass is 184 g/mol. The number of nitrogens with zero attached hydrogens (tertiary/aromatic N) is 1. The molecule has 0 aromatic carbocycles. The van der Waals surface area contributed by atoms with E-state index in [2.05, 4.69) is 31.0 Å². The molecule has 1 N–H and O–H groups in total. The second-order valence-corrected chi connectivity index (χ2v) is 5.05. The van der Waals surface area contributed by atoms with Gasteiger partial charge in [0, 0.05) is 11.6 Å². The lowest BCUT2D eigenvalue weighted by atomic mass is 10.0. The van der Waals surface area contributed by atoms with Crippen LogP contribution in [0.3, 0.4) is 0 Å². The topological polar surface area (TPSA) is 15.3 Å². The van der Waals surface area contributed by atoms with Gasteiger partial charge in [0.1, 0.15) is 0 Å². The van der Waals surface area contributed by atoms with Crippen molar-refractivity contribution in [3.63, 3.8) is 0 Å². The highest BCUT2D eigenvalue weighted by Gasteiger charge is 2.31. The van der Waals surface area contributed by atoms with Crippen molar-refractivity contribution in [2.75, 3.05) is 20.1 Å². The van der Waals surface area contributed by atoms with Gasteiger partial charge in [0.2, 0.25) is 0 Å². The largest absolute Gasteiger partial charge is 0.320 e. The molecule has 78 valence electrons. The summed E-state index contributed by atoms with van der Waals surface area (Å²) in [5.74, 6) is 0. The van der Waals surface area contributed by atoms with Crippen LogP contribution in [0.4, 0.5) is 0 Å². The van der Waals surface area contributed by atoms with Gasteiger partial charge in [-0.15, -0.1) is 0 Å². The smallest absolute Gasteiger partial charge is 0.0127 e. The zero-order valence-corrected chi connectivity index (χ0v) is 9.56. The molecule has 0 aromatic rings. The SMILES string of the molecule is CNCCC1CCCN1C(C)(C)C. The molecule has 1 rings (SSSR count). The maximum Gasteiger partial charge on any atom is 0.0127 e. The second-order valence-electron chi connectivity index (χ2n) is 5.05. The summed E-state index contributed by atoms with van der Waals surface area (Å²) in [5.41, 5.74) is 0.356. The van der Waals surface area contributed by atoms with E-state index in [4.69, 9.17) is 0 Å². The van der Waals surface area contributed by atoms with Crippen LogP contribution in [0, 0.1) is 0 Å². The van der Waals surface area contributed by atoms with Crippen molar-refractivity contribution in [1.29, 1.82) is 0 Å². The van der Waals surface area contributed by atoms with Crippen molar-refractivity contribution in [1.82, 2.24) is 10.2 Å². The van der Waals surface area contributed by atoms with Crippen molar-refractivity contribution in [3.05, 3.63) is 0 Å². The van der Waals surface area contributed by atoms with Crippen molar-refractivity contribution in [2.45, 2.75) is 51.6 Å². The van der Waals surface area contributed by atoms with E-state index in [0.717, 1.165) is 12.6 Å². The number of likely N-dealkylation sites (tertiary alicyclic amines) is 1. The van der Waals surface area contributed by atoms with E-state index in [-0.39, 0.29) is 0 Å². The Balaban J connectivity index is 2.44. The van der Waals surface area contributed by atoms with Gasteiger partial charge in [0.25, 0.3) is 0 Å². The number of hydrogen-bond donors (Lipinski definition) is 1. The van der Waals surface area contributed by atoms with Crippen LogP contribution >= 0.6 is 0 Å². The standard InChI is InChI=1S/C11H24N2/c1-11(2,3)13-9-5-6-10(13)7-8-12-4/h10,12H,5-9H2,1-4H3. The van der Waals surface area contributed by atoms with E-state index in [1.54, 1.807) is 0 Å². The van der Waals surface area contributed by atoms with Gasteiger partial charge in [-0.2, -0.15) is 0 Å². The highest BCUT2D eigenvalue weighted by atomic mass is 15.2. The molecule has 0 bridgehead atoms. The Kier molecular flexibility index (Phi) is 3.74. The summed E-state index contributed by atoms with van der Waals surface area (Å²) in [6.45, 7) is 9.41. The van der Waals surface area contributed by atoms with Gasteiger partial charge < -0.3 is 5.32 Å². The van der Waals surface area contributed by atoms with Crippen LogP contribution in [0.25, 0.3) is 0 Å². The second kappa shape index (κ2) is 4.43. The molecule has 1 heterocycles. The summed E-state index contributed by atoms with van der Waals surface area (Å²) in [6, 6.07) is 0.812. The molecule has 0 saturated carbocycles. The van der Waals surface area contributed by atoms with Gasteiger partial charge in [-0.1, -0.05) is 0 Å². The molecular weight excluding hydrogens is 160 g/mol. The first-order chi connectivity index (χ1) is 6.05. The van der Waals surface area contributed by atoms with E-state index < -0.39 is 0 Å². The first-order valence-corrected chi connectivity index (χ1v) is 5.47. The Morgan fingerprint density at radius 3 is 2.62 bits per heavy atom. The molecule has 0 spiro atoms. The summed E-state index contributed by atoms with van der Waals surface area (Å²) in [5, 5.41) is 3.24. The van der Waals surface area contributed by atoms with Crippen LogP contribution in [-0.2, 0) is 0 Å². The van der Waals surface area contributed by atoms with E-state index in [1.165, 1.54) is 25.8 Å². The molecule has 1 saturated heterocycles. The van der Waals surface area contributed by atoms with Gasteiger partial charge in [-0.05, 0) is 60.2 Å². The fourth-order valence-electron chi connectivity index (χ4n) is 2.33. The summed E-state index contributed by atoms with van der Waals surface area (Å²) in [7, 11) is 2.04. The Bertz CT molecular complexity index is 149. The molecule has 2 heteroatoms. The normalized spacial score (nSPS) is 25.4. The predicted octanol–water partition coefficient (Wildman–Crippen LogP) is 1.86. The van der Waals surface area contributed by atoms with Gasteiger partial charge in [0.05, 0.1) is 0 Å². The van der Waals surface area contributed by atoms with Crippen LogP contribution in [-0.4, -0.2) is 36.6 Å². The van der Waals surface area contributed by atoms with Crippen molar-refractivity contribution in [2.24, 2.45) is 0 Å². The lowest BCUT2D eigenvalue weighted by Crippen LogP contribution is -2.45. The zero-order valence-electron chi connectivity index (χ0n) is 9.56. The van der Waals surface area contributed by atoms with Gasteiger partial charge >= 0.3 is 0 Å². The maximum absolute atomic E-state index is 3.24. The van der Waals surface area contributed by atoms with Gasteiger partial charge in [-0.25, -0.2) is 0 Å². The number of rotatable bonds is 3. The Morgan fingerprint density at radius 1 is 1.38 bits per heavy atom. The average molecular weight is 184 g/mol. The minimum Gasteiger partial charge on any atom is -0.320 e. The van der Waals surface area contributed by atoms with Gasteiger partial charge in [0.15, 0.2) is 0 Å². The molecule has 1 fully saturated rings. The molecule has 0 amide bonds. The Morgan fingerprint density at radius 2 is 2.08 bits per heavy atom. The van der Waals surface area contributed by atoms with E-state index in [9.17, 15) is 0 Å². The third-order valence-corrected chi connectivity index (χ3v) is 2.97. The summed E-state index contributed by atoms with van der Waals surface area (Å²) in [4.78, 5) is 2.66. The van der Waals surface area contributed by atoms with Gasteiger partial charge in [-0.3, -0.25) is 4.90 Å². The molecule has 2 nitrogen and oxygen atoms in total. The van der Waals surface area contributed by atoms with Crippen molar-refractivity contribution < 1.29 is 0 Å². The van der Waals surface area contributed by atoms with Crippen LogP contribution in [0.1, 0.15) is 40.0 Å². The fourth-order valence-corrected chi connectivity index (χ4v) is 2.33. The highest BCUT2D eigenvalue weighted by Crippen LogP contribution is 2.27. The minimum absolute atomic E-state index is 0.356. The molecule has 1 unspecified atom stereocenters. The average Bonchev–Trinajstić information content (AvgIpc) is 2.47. The summed E-state index contributed by atoms with van der Waals surface area (Å²) < 4.78 is 0. The molecule has 1 aliphatic rings. The molecule has 0 aromatic heterocycles. The molecule has 1 atom stereocenters. The summed E-state index contributed by atoms with van der Waals surface area (Å²) in [6.07, 6.45) is 4.07. The van der Waals surface area contributed by atoms with E-state index in [1.807, 2.05) is 7.05 Å². The molecule has 1 aliphatic heterocycles. The summed E-state index contributed by atoms with van der Waals surface area (Å²) >= 11 is 0. The van der Waals surface area contributed by atoms with E-state index >= 15 is 0 Å². The van der Waals surface area contributed by atoms with Crippen LogP contribution in [0.5, 0.6) is 0 Å². The zero-order chi connectivity index (χ0) is 9.90. The number of nitrogens with one attached hydrogen (secondary N) is 1. The maximum atomic E-state index is 3.24. The van der Waals surface area contributed by atoms with Crippen molar-refractivity contribution >= 4 is 0 Å². The molecule has 13 heavy (non-hydrogen) atoms. The van der Waals surface area contributed by atoms with E-state index in [0.29, 0.717) is 5.54 Å². The van der Waals surface area contributed by atoms with Crippen LogP contribution in [0.15, 0.2) is 0 Å². The first-order valence-electron chi connectivity index (χ1n) is 5.47. The Hall–Kier alpha value is -0.0800. The highest BCUT2D eigenvalue weighted by molar-refractivity contribution is 4.88. The van der Waals surface area contributed by atoms with Crippen LogP contribution in [0.2, 0.25) is 0 Å². The molecular formula is C11H24N2. The fraction of sp³-hybridized carbons (Fsp3) is 1.00. The molecule has 0 radical (unpaired) electrons. The lowest BCUT2D eigenvalue weighted by Gasteiger charge is -2.37. The van der Waals surface area contributed by atoms with Crippen LogP contribution < -0.4 is 5.32 Å². The minimum atomic E-state index is 0.356. The van der Waals surface area contributed by atoms with Crippen molar-refractivity contribution in [3.8, 4) is 0 Å². The predicted molar refractivity (Wildman–Crippen MR) is 58.0 cm³/mol. The third-order valence-electron chi connectivity index (χ3n) is 2.97. The quantitative estimate of drug-likeness (QED) is 0.720. The third kappa shape index (κ3) is 2.96. The Labute approximate surface area is 82.7 Å². The lowest BCUT2D eigenvalue weighted by molar-refractivity contribution is 0.116. The number of hydrogen-bond acceptors (Lipinski definition) is 2. The molecule has 0 aliphatic carbocycles.